The summed E-state index contributed by atoms with van der Waals surface area (Å²) in [7, 11) is 0. The molecule has 4 heteroatoms. The first-order chi connectivity index (χ1) is 9.69. The maximum absolute atomic E-state index is 6.15. The summed E-state index contributed by atoms with van der Waals surface area (Å²) in [6.45, 7) is 2.37. The van der Waals surface area contributed by atoms with Gasteiger partial charge >= 0.3 is 0 Å². The largest absolute Gasteiger partial charge is 0.324 e. The van der Waals surface area contributed by atoms with E-state index in [1.165, 1.54) is 41.2 Å². The average molecular weight is 403 g/mol. The molecular weight excluding hydrogens is 383 g/mol. The Bertz CT molecular complexity index is 608. The van der Waals surface area contributed by atoms with Gasteiger partial charge in [0.25, 0.3) is 0 Å². The molecule has 1 fully saturated rings. The minimum absolute atomic E-state index is 0.497. The molecule has 2 unspecified atom stereocenters. The number of rotatable bonds is 2. The van der Waals surface area contributed by atoms with Crippen LogP contribution in [0.25, 0.3) is 11.0 Å². The van der Waals surface area contributed by atoms with Crippen LogP contribution in [0.2, 0.25) is 0 Å². The molecular formula is C16H20ClIN2. The van der Waals surface area contributed by atoms with E-state index in [1.54, 1.807) is 0 Å². The van der Waals surface area contributed by atoms with Crippen molar-refractivity contribution in [2.45, 2.75) is 50.9 Å². The summed E-state index contributed by atoms with van der Waals surface area (Å²) in [5.41, 5.74) is 2.34. The van der Waals surface area contributed by atoms with Crippen LogP contribution in [0, 0.1) is 9.49 Å². The van der Waals surface area contributed by atoms with Crippen LogP contribution in [-0.4, -0.2) is 9.55 Å². The molecule has 0 aliphatic heterocycles. The van der Waals surface area contributed by atoms with Crippen LogP contribution in [0.5, 0.6) is 0 Å². The van der Waals surface area contributed by atoms with E-state index in [4.69, 9.17) is 16.6 Å². The standard InChI is InChI=1S/C16H20ClIN2/c1-11-3-2-4-13(7-5-11)20-15-8-6-12(18)9-14(15)19-16(20)10-17/h6,8-9,11,13H,2-5,7,10H2,1H3. The molecule has 0 saturated heterocycles. The van der Waals surface area contributed by atoms with Crippen molar-refractivity contribution in [2.75, 3.05) is 0 Å². The number of nitrogens with zero attached hydrogens (tertiary/aromatic N) is 2. The third kappa shape index (κ3) is 2.84. The average Bonchev–Trinajstić information content (AvgIpc) is 2.66. The summed E-state index contributed by atoms with van der Waals surface area (Å²) in [6.07, 6.45) is 6.50. The van der Waals surface area contributed by atoms with Crippen molar-refractivity contribution in [3.05, 3.63) is 27.6 Å². The lowest BCUT2D eigenvalue weighted by Crippen LogP contribution is -2.11. The number of fused-ring (bicyclic) bond motifs is 1. The Morgan fingerprint density at radius 2 is 2.15 bits per heavy atom. The fourth-order valence-corrected chi connectivity index (χ4v) is 4.01. The van der Waals surface area contributed by atoms with E-state index in [0.717, 1.165) is 17.3 Å². The highest BCUT2D eigenvalue weighted by molar-refractivity contribution is 14.1. The van der Waals surface area contributed by atoms with Gasteiger partial charge in [0.1, 0.15) is 5.82 Å². The molecule has 0 radical (unpaired) electrons. The molecule has 0 N–H and O–H groups in total. The molecule has 2 nitrogen and oxygen atoms in total. The summed E-state index contributed by atoms with van der Waals surface area (Å²) in [6, 6.07) is 7.09. The van der Waals surface area contributed by atoms with Crippen LogP contribution >= 0.6 is 34.2 Å². The van der Waals surface area contributed by atoms with Crippen LogP contribution in [0.4, 0.5) is 0 Å². The monoisotopic (exact) mass is 402 g/mol. The van der Waals surface area contributed by atoms with E-state index in [1.807, 2.05) is 0 Å². The maximum Gasteiger partial charge on any atom is 0.125 e. The van der Waals surface area contributed by atoms with Crippen LogP contribution in [0.3, 0.4) is 0 Å². The van der Waals surface area contributed by atoms with Crippen LogP contribution in [0.1, 0.15) is 50.9 Å². The molecule has 20 heavy (non-hydrogen) atoms. The van der Waals surface area contributed by atoms with E-state index in [0.29, 0.717) is 11.9 Å². The van der Waals surface area contributed by atoms with Crippen LogP contribution < -0.4 is 0 Å². The Labute approximate surface area is 139 Å². The van der Waals surface area contributed by atoms with E-state index >= 15 is 0 Å². The van der Waals surface area contributed by atoms with Crippen molar-refractivity contribution in [1.29, 1.82) is 0 Å². The number of alkyl halides is 1. The predicted octanol–water partition coefficient (Wildman–Crippen LogP) is 5.52. The third-order valence-electron chi connectivity index (χ3n) is 4.44. The Morgan fingerprint density at radius 1 is 1.30 bits per heavy atom. The minimum Gasteiger partial charge on any atom is -0.324 e. The van der Waals surface area contributed by atoms with Gasteiger partial charge in [0.05, 0.1) is 16.9 Å². The molecule has 1 aromatic carbocycles. The molecule has 0 amide bonds. The highest BCUT2D eigenvalue weighted by atomic mass is 127. The predicted molar refractivity (Wildman–Crippen MR) is 93.3 cm³/mol. The Hall–Kier alpha value is -0.290. The molecule has 0 spiro atoms. The second-order valence-corrected chi connectivity index (χ2v) is 7.44. The zero-order chi connectivity index (χ0) is 14.1. The smallest absolute Gasteiger partial charge is 0.125 e. The molecule has 1 aromatic heterocycles. The number of benzene rings is 1. The van der Waals surface area contributed by atoms with Crippen molar-refractivity contribution < 1.29 is 0 Å². The van der Waals surface area contributed by atoms with Crippen molar-refractivity contribution in [2.24, 2.45) is 5.92 Å². The van der Waals surface area contributed by atoms with Crippen LogP contribution in [-0.2, 0) is 5.88 Å². The van der Waals surface area contributed by atoms with E-state index in [2.05, 4.69) is 52.3 Å². The van der Waals surface area contributed by atoms with Gasteiger partial charge in [-0.05, 0) is 66.0 Å². The topological polar surface area (TPSA) is 17.8 Å². The summed E-state index contributed by atoms with van der Waals surface area (Å²) >= 11 is 8.49. The van der Waals surface area contributed by atoms with Gasteiger partial charge in [0, 0.05) is 9.61 Å². The fraction of sp³-hybridized carbons (Fsp3) is 0.562. The summed E-state index contributed by atoms with van der Waals surface area (Å²) < 4.78 is 3.64. The Kier molecular flexibility index (Phi) is 4.55. The van der Waals surface area contributed by atoms with Gasteiger partial charge in [0.2, 0.25) is 0 Å². The van der Waals surface area contributed by atoms with Crippen LogP contribution in [0.15, 0.2) is 18.2 Å². The fourth-order valence-electron chi connectivity index (χ4n) is 3.35. The van der Waals surface area contributed by atoms with Crippen molar-refractivity contribution in [3.63, 3.8) is 0 Å². The van der Waals surface area contributed by atoms with Gasteiger partial charge in [-0.25, -0.2) is 4.98 Å². The molecule has 2 aromatic rings. The Balaban J connectivity index is 2.04. The van der Waals surface area contributed by atoms with E-state index < -0.39 is 0 Å². The number of hydrogen-bond donors (Lipinski definition) is 0. The lowest BCUT2D eigenvalue weighted by molar-refractivity contribution is 0.433. The summed E-state index contributed by atoms with van der Waals surface area (Å²) in [5, 5.41) is 0. The number of hydrogen-bond acceptors (Lipinski definition) is 1. The Morgan fingerprint density at radius 3 is 2.95 bits per heavy atom. The van der Waals surface area contributed by atoms with E-state index in [-0.39, 0.29) is 0 Å². The van der Waals surface area contributed by atoms with Gasteiger partial charge in [0.15, 0.2) is 0 Å². The SMILES string of the molecule is CC1CCCC(n2c(CCl)nc3cc(I)ccc32)CC1. The number of halogens is 2. The number of aromatic nitrogens is 2. The molecule has 1 aliphatic rings. The summed E-state index contributed by atoms with van der Waals surface area (Å²) in [5.74, 6) is 2.38. The van der Waals surface area contributed by atoms with E-state index in [9.17, 15) is 0 Å². The van der Waals surface area contributed by atoms with Gasteiger partial charge in [-0.15, -0.1) is 11.6 Å². The molecule has 0 bridgehead atoms. The molecule has 1 heterocycles. The van der Waals surface area contributed by atoms with Crippen molar-refractivity contribution in [1.82, 2.24) is 9.55 Å². The first kappa shape index (κ1) is 14.6. The molecule has 3 rings (SSSR count). The second kappa shape index (κ2) is 6.22. The normalized spacial score (nSPS) is 23.9. The van der Waals surface area contributed by atoms with Crippen molar-refractivity contribution >= 4 is 45.2 Å². The maximum atomic E-state index is 6.15. The van der Waals surface area contributed by atoms with Crippen molar-refractivity contribution in [3.8, 4) is 0 Å². The highest BCUT2D eigenvalue weighted by Gasteiger charge is 2.22. The second-order valence-electron chi connectivity index (χ2n) is 5.93. The summed E-state index contributed by atoms with van der Waals surface area (Å²) in [4.78, 5) is 4.74. The molecule has 2 atom stereocenters. The quantitative estimate of drug-likeness (QED) is 0.367. The lowest BCUT2D eigenvalue weighted by atomic mass is 10.0. The third-order valence-corrected chi connectivity index (χ3v) is 5.35. The first-order valence-electron chi connectivity index (χ1n) is 7.41. The molecule has 1 saturated carbocycles. The van der Waals surface area contributed by atoms with Gasteiger partial charge in [-0.3, -0.25) is 0 Å². The van der Waals surface area contributed by atoms with Gasteiger partial charge < -0.3 is 4.57 Å². The minimum atomic E-state index is 0.497. The molecule has 108 valence electrons. The zero-order valence-corrected chi connectivity index (χ0v) is 14.7. The van der Waals surface area contributed by atoms with Gasteiger partial charge in [-0.1, -0.05) is 19.8 Å². The van der Waals surface area contributed by atoms with Gasteiger partial charge in [-0.2, -0.15) is 0 Å². The first-order valence-corrected chi connectivity index (χ1v) is 9.02. The zero-order valence-electron chi connectivity index (χ0n) is 11.8. The highest BCUT2D eigenvalue weighted by Crippen LogP contribution is 2.34. The molecule has 1 aliphatic carbocycles. The number of imidazole rings is 1. The lowest BCUT2D eigenvalue weighted by Gasteiger charge is -2.19.